The molecule has 1 aromatic carbocycles. The van der Waals surface area contributed by atoms with Crippen molar-refractivity contribution in [2.45, 2.75) is 13.0 Å². The van der Waals surface area contributed by atoms with Crippen LogP contribution in [0, 0.1) is 0 Å². The number of amides is 1. The lowest BCUT2D eigenvalue weighted by atomic mass is 10.2. The van der Waals surface area contributed by atoms with Crippen molar-refractivity contribution in [1.82, 2.24) is 5.32 Å². The van der Waals surface area contributed by atoms with Crippen molar-refractivity contribution in [3.8, 4) is 0 Å². The molecule has 2 aromatic rings. The van der Waals surface area contributed by atoms with E-state index in [1.54, 1.807) is 24.5 Å². The van der Waals surface area contributed by atoms with Crippen LogP contribution in [0.15, 0.2) is 53.2 Å². The lowest BCUT2D eigenvalue weighted by Gasteiger charge is -2.08. The molecular weight excluding hydrogens is 262 g/mol. The molecule has 1 amide bonds. The van der Waals surface area contributed by atoms with Gasteiger partial charge in [0.2, 0.25) is 5.91 Å². The summed E-state index contributed by atoms with van der Waals surface area (Å²) in [5.41, 5.74) is 0.810. The van der Waals surface area contributed by atoms with Crippen molar-refractivity contribution in [2.24, 2.45) is 0 Å². The predicted octanol–water partition coefficient (Wildman–Crippen LogP) is 3.82. The van der Waals surface area contributed by atoms with Crippen LogP contribution in [0.4, 0.5) is 0 Å². The third-order valence-electron chi connectivity index (χ3n) is 2.65. The number of halogens is 1. The van der Waals surface area contributed by atoms with E-state index in [9.17, 15) is 4.79 Å². The van der Waals surface area contributed by atoms with Gasteiger partial charge in [-0.3, -0.25) is 4.79 Å². The first-order valence-corrected chi connectivity index (χ1v) is 6.31. The first-order valence-electron chi connectivity index (χ1n) is 5.93. The van der Waals surface area contributed by atoms with Crippen molar-refractivity contribution in [3.05, 3.63) is 65.1 Å². The summed E-state index contributed by atoms with van der Waals surface area (Å²) < 4.78 is 5.22. The monoisotopic (exact) mass is 275 g/mol. The normalized spacial score (nSPS) is 12.5. The zero-order chi connectivity index (χ0) is 13.7. The first kappa shape index (κ1) is 13.4. The topological polar surface area (TPSA) is 42.2 Å². The standard InChI is InChI=1S/C15H14ClNO2/c1-11(14-7-4-10-19-14)17-15(18)9-8-12-5-2-3-6-13(12)16/h2-11H,1H3,(H,17,18)/b9-8+/t11-/m1/s1. The van der Waals surface area contributed by atoms with Gasteiger partial charge in [0.1, 0.15) is 5.76 Å². The number of nitrogens with one attached hydrogen (secondary N) is 1. The average molecular weight is 276 g/mol. The van der Waals surface area contributed by atoms with Crippen LogP contribution in [0.25, 0.3) is 6.08 Å². The molecule has 1 atom stereocenters. The second kappa shape index (κ2) is 6.25. The SMILES string of the molecule is C[C@@H](NC(=O)/C=C/c1ccccc1Cl)c1ccco1. The molecule has 0 aliphatic heterocycles. The summed E-state index contributed by atoms with van der Waals surface area (Å²) in [6, 6.07) is 10.8. The quantitative estimate of drug-likeness (QED) is 0.862. The number of furan rings is 1. The Morgan fingerprint density at radius 2 is 2.11 bits per heavy atom. The number of benzene rings is 1. The highest BCUT2D eigenvalue weighted by Crippen LogP contribution is 2.16. The van der Waals surface area contributed by atoms with Crippen LogP contribution in [-0.2, 0) is 4.79 Å². The zero-order valence-electron chi connectivity index (χ0n) is 10.5. The molecule has 0 spiro atoms. The Balaban J connectivity index is 1.96. The Labute approximate surface area is 116 Å². The van der Waals surface area contributed by atoms with E-state index in [0.717, 1.165) is 11.3 Å². The highest BCUT2D eigenvalue weighted by molar-refractivity contribution is 6.32. The van der Waals surface area contributed by atoms with Gasteiger partial charge in [-0.05, 0) is 36.8 Å². The molecule has 0 saturated carbocycles. The third kappa shape index (κ3) is 3.73. The number of carbonyl (C=O) groups is 1. The Morgan fingerprint density at radius 1 is 1.32 bits per heavy atom. The molecule has 0 saturated heterocycles. The lowest BCUT2D eigenvalue weighted by Crippen LogP contribution is -2.24. The van der Waals surface area contributed by atoms with Crippen molar-refractivity contribution >= 4 is 23.6 Å². The largest absolute Gasteiger partial charge is 0.467 e. The third-order valence-corrected chi connectivity index (χ3v) is 2.99. The molecule has 0 aliphatic rings. The van der Waals surface area contributed by atoms with Crippen LogP contribution in [0.1, 0.15) is 24.3 Å². The van der Waals surface area contributed by atoms with Crippen molar-refractivity contribution in [2.75, 3.05) is 0 Å². The fraction of sp³-hybridized carbons (Fsp3) is 0.133. The van der Waals surface area contributed by atoms with Crippen LogP contribution in [0.5, 0.6) is 0 Å². The summed E-state index contributed by atoms with van der Waals surface area (Å²) in [5, 5.41) is 3.43. The van der Waals surface area contributed by atoms with Gasteiger partial charge in [0.25, 0.3) is 0 Å². The maximum atomic E-state index is 11.8. The number of rotatable bonds is 4. The highest BCUT2D eigenvalue weighted by Gasteiger charge is 2.09. The summed E-state index contributed by atoms with van der Waals surface area (Å²) in [7, 11) is 0. The van der Waals surface area contributed by atoms with Gasteiger partial charge in [-0.25, -0.2) is 0 Å². The summed E-state index contributed by atoms with van der Waals surface area (Å²) in [5.74, 6) is 0.531. The maximum Gasteiger partial charge on any atom is 0.244 e. The zero-order valence-corrected chi connectivity index (χ0v) is 11.2. The predicted molar refractivity (Wildman–Crippen MR) is 75.8 cm³/mol. The van der Waals surface area contributed by atoms with Gasteiger partial charge in [-0.2, -0.15) is 0 Å². The van der Waals surface area contributed by atoms with E-state index in [4.69, 9.17) is 16.0 Å². The molecule has 2 rings (SSSR count). The molecule has 98 valence electrons. The van der Waals surface area contributed by atoms with Gasteiger partial charge in [0, 0.05) is 11.1 Å². The second-order valence-electron chi connectivity index (χ2n) is 4.10. The highest BCUT2D eigenvalue weighted by atomic mass is 35.5. The molecule has 1 N–H and O–H groups in total. The lowest BCUT2D eigenvalue weighted by molar-refractivity contribution is -0.117. The minimum atomic E-state index is -0.191. The van der Waals surface area contributed by atoms with Gasteiger partial charge in [-0.15, -0.1) is 0 Å². The molecule has 0 bridgehead atoms. The Morgan fingerprint density at radius 3 is 2.79 bits per heavy atom. The number of hydrogen-bond acceptors (Lipinski definition) is 2. The number of hydrogen-bond donors (Lipinski definition) is 1. The molecule has 19 heavy (non-hydrogen) atoms. The number of carbonyl (C=O) groups excluding carboxylic acids is 1. The van der Waals surface area contributed by atoms with E-state index < -0.39 is 0 Å². The van der Waals surface area contributed by atoms with Gasteiger partial charge in [-0.1, -0.05) is 29.8 Å². The first-order chi connectivity index (χ1) is 9.16. The van der Waals surface area contributed by atoms with E-state index in [0.29, 0.717) is 5.02 Å². The Bertz CT molecular complexity index is 576. The molecule has 0 aliphatic carbocycles. The maximum absolute atomic E-state index is 11.8. The molecule has 1 heterocycles. The van der Waals surface area contributed by atoms with Gasteiger partial charge >= 0.3 is 0 Å². The molecule has 3 nitrogen and oxygen atoms in total. The minimum absolute atomic E-state index is 0.168. The van der Waals surface area contributed by atoms with Gasteiger partial charge < -0.3 is 9.73 Å². The molecule has 0 radical (unpaired) electrons. The van der Waals surface area contributed by atoms with Crippen LogP contribution in [-0.4, -0.2) is 5.91 Å². The van der Waals surface area contributed by atoms with E-state index >= 15 is 0 Å². The van der Waals surface area contributed by atoms with Crippen molar-refractivity contribution in [3.63, 3.8) is 0 Å². The fourth-order valence-corrected chi connectivity index (χ4v) is 1.84. The summed E-state index contributed by atoms with van der Waals surface area (Å²) >= 11 is 6.00. The van der Waals surface area contributed by atoms with E-state index in [-0.39, 0.29) is 11.9 Å². The van der Waals surface area contributed by atoms with E-state index in [1.165, 1.54) is 6.08 Å². The summed E-state index contributed by atoms with van der Waals surface area (Å²) in [6.45, 7) is 1.86. The Hall–Kier alpha value is -2.00. The van der Waals surface area contributed by atoms with Gasteiger partial charge in [0.15, 0.2) is 0 Å². The minimum Gasteiger partial charge on any atom is -0.467 e. The van der Waals surface area contributed by atoms with Crippen LogP contribution >= 0.6 is 11.6 Å². The average Bonchev–Trinajstić information content (AvgIpc) is 2.91. The Kier molecular flexibility index (Phi) is 4.42. The fourth-order valence-electron chi connectivity index (χ4n) is 1.65. The molecule has 4 heteroatoms. The second-order valence-corrected chi connectivity index (χ2v) is 4.51. The summed E-state index contributed by atoms with van der Waals surface area (Å²) in [6.07, 6.45) is 4.73. The van der Waals surface area contributed by atoms with Crippen LogP contribution in [0.3, 0.4) is 0 Å². The van der Waals surface area contributed by atoms with Gasteiger partial charge in [0.05, 0.1) is 12.3 Å². The van der Waals surface area contributed by atoms with E-state index in [1.807, 2.05) is 31.2 Å². The molecular formula is C15H14ClNO2. The van der Waals surface area contributed by atoms with Crippen molar-refractivity contribution < 1.29 is 9.21 Å². The molecule has 1 aromatic heterocycles. The van der Waals surface area contributed by atoms with Crippen LogP contribution < -0.4 is 5.32 Å². The molecule has 0 unspecified atom stereocenters. The molecule has 0 fully saturated rings. The smallest absolute Gasteiger partial charge is 0.244 e. The van der Waals surface area contributed by atoms with Crippen LogP contribution in [0.2, 0.25) is 5.02 Å². The van der Waals surface area contributed by atoms with E-state index in [2.05, 4.69) is 5.32 Å². The van der Waals surface area contributed by atoms with Crippen molar-refractivity contribution in [1.29, 1.82) is 0 Å². The summed E-state index contributed by atoms with van der Waals surface area (Å²) in [4.78, 5) is 11.8.